The molecule has 0 amide bonds. The standard InChI is InChI=1S/C12H6BrF5N2/c1-4-5(13)2-3-6(19-4)20-12-10(17)8(15)7(14)9(16)11(12)18/h2-3H,1H3,(H,19,20). The van der Waals surface area contributed by atoms with Crippen molar-refractivity contribution in [1.82, 2.24) is 4.98 Å². The van der Waals surface area contributed by atoms with Gasteiger partial charge in [-0.25, -0.2) is 26.9 Å². The number of hydrogen-bond donors (Lipinski definition) is 1. The van der Waals surface area contributed by atoms with Gasteiger partial charge in [-0.1, -0.05) is 0 Å². The first-order chi connectivity index (χ1) is 9.32. The first-order valence-electron chi connectivity index (χ1n) is 5.24. The molecule has 0 fully saturated rings. The summed E-state index contributed by atoms with van der Waals surface area (Å²) in [6.45, 7) is 1.60. The van der Waals surface area contributed by atoms with Crippen molar-refractivity contribution in [2.24, 2.45) is 0 Å². The summed E-state index contributed by atoms with van der Waals surface area (Å²) in [4.78, 5) is 3.90. The number of aryl methyl sites for hydroxylation is 1. The number of hydrogen-bond acceptors (Lipinski definition) is 2. The number of halogens is 6. The highest BCUT2D eigenvalue weighted by molar-refractivity contribution is 9.10. The fraction of sp³-hybridized carbons (Fsp3) is 0.0833. The molecule has 1 aromatic heterocycles. The number of pyridine rings is 1. The number of rotatable bonds is 2. The van der Waals surface area contributed by atoms with Crippen molar-refractivity contribution >= 4 is 27.4 Å². The number of nitrogens with zero attached hydrogens (tertiary/aromatic N) is 1. The van der Waals surface area contributed by atoms with Crippen molar-refractivity contribution in [1.29, 1.82) is 0 Å². The Hall–Kier alpha value is -1.70. The van der Waals surface area contributed by atoms with E-state index in [0.29, 0.717) is 10.2 Å². The normalized spacial score (nSPS) is 10.8. The third kappa shape index (κ3) is 2.47. The Bertz CT molecular complexity index is 661. The van der Waals surface area contributed by atoms with Crippen molar-refractivity contribution in [3.8, 4) is 0 Å². The van der Waals surface area contributed by atoms with Gasteiger partial charge in [0, 0.05) is 4.47 Å². The van der Waals surface area contributed by atoms with E-state index in [9.17, 15) is 22.0 Å². The molecular formula is C12H6BrF5N2. The molecule has 2 rings (SSSR count). The van der Waals surface area contributed by atoms with Crippen LogP contribution in [-0.2, 0) is 0 Å². The molecule has 0 saturated carbocycles. The molecule has 2 aromatic rings. The molecule has 1 aromatic carbocycles. The van der Waals surface area contributed by atoms with Crippen LogP contribution in [0.15, 0.2) is 16.6 Å². The van der Waals surface area contributed by atoms with Gasteiger partial charge in [-0.15, -0.1) is 0 Å². The van der Waals surface area contributed by atoms with Gasteiger partial charge in [0.1, 0.15) is 11.5 Å². The third-order valence-electron chi connectivity index (χ3n) is 2.48. The average Bonchev–Trinajstić information content (AvgIpc) is 2.43. The molecule has 0 atom stereocenters. The van der Waals surface area contributed by atoms with E-state index in [1.165, 1.54) is 12.1 Å². The first-order valence-corrected chi connectivity index (χ1v) is 6.03. The highest BCUT2D eigenvalue weighted by Crippen LogP contribution is 2.29. The van der Waals surface area contributed by atoms with Gasteiger partial charge in [0.25, 0.3) is 0 Å². The van der Waals surface area contributed by atoms with Gasteiger partial charge in [-0.2, -0.15) is 0 Å². The van der Waals surface area contributed by atoms with Gasteiger partial charge in [0.15, 0.2) is 23.3 Å². The minimum Gasteiger partial charge on any atom is -0.335 e. The first kappa shape index (κ1) is 14.7. The van der Waals surface area contributed by atoms with Crippen LogP contribution >= 0.6 is 15.9 Å². The predicted molar refractivity (Wildman–Crippen MR) is 66.2 cm³/mol. The number of anilines is 2. The van der Waals surface area contributed by atoms with Crippen LogP contribution in [0.5, 0.6) is 0 Å². The lowest BCUT2D eigenvalue weighted by atomic mass is 10.2. The molecule has 0 aliphatic carbocycles. The Kier molecular flexibility index (Phi) is 3.94. The summed E-state index contributed by atoms with van der Waals surface area (Å²) in [5, 5.41) is 2.09. The van der Waals surface area contributed by atoms with Gasteiger partial charge in [-0.3, -0.25) is 0 Å². The SMILES string of the molecule is Cc1nc(Nc2c(F)c(F)c(F)c(F)c2F)ccc1Br. The van der Waals surface area contributed by atoms with E-state index >= 15 is 0 Å². The van der Waals surface area contributed by atoms with Crippen LogP contribution in [0, 0.1) is 36.0 Å². The summed E-state index contributed by atoms with van der Waals surface area (Å²) >= 11 is 3.17. The molecule has 0 aliphatic heterocycles. The molecule has 0 bridgehead atoms. The Labute approximate surface area is 118 Å². The highest BCUT2D eigenvalue weighted by atomic mass is 79.9. The second-order valence-corrected chi connectivity index (χ2v) is 4.69. The van der Waals surface area contributed by atoms with Crippen molar-refractivity contribution in [2.45, 2.75) is 6.92 Å². The molecule has 0 spiro atoms. The number of benzene rings is 1. The van der Waals surface area contributed by atoms with E-state index < -0.39 is 34.8 Å². The lowest BCUT2D eigenvalue weighted by Gasteiger charge is -2.11. The maximum absolute atomic E-state index is 13.4. The number of nitrogens with one attached hydrogen (secondary N) is 1. The van der Waals surface area contributed by atoms with Gasteiger partial charge >= 0.3 is 0 Å². The quantitative estimate of drug-likeness (QED) is 0.485. The zero-order valence-electron chi connectivity index (χ0n) is 9.87. The zero-order valence-corrected chi connectivity index (χ0v) is 11.5. The Morgan fingerprint density at radius 1 is 0.900 bits per heavy atom. The molecule has 1 heterocycles. The Morgan fingerprint density at radius 3 is 1.90 bits per heavy atom. The van der Waals surface area contributed by atoms with E-state index in [2.05, 4.69) is 26.2 Å². The predicted octanol–water partition coefficient (Wildman–Crippen LogP) is 4.59. The van der Waals surface area contributed by atoms with Crippen LogP contribution in [-0.4, -0.2) is 4.98 Å². The van der Waals surface area contributed by atoms with E-state index in [0.717, 1.165) is 0 Å². The van der Waals surface area contributed by atoms with Crippen molar-refractivity contribution in [3.63, 3.8) is 0 Å². The molecule has 106 valence electrons. The van der Waals surface area contributed by atoms with Crippen LogP contribution in [0.4, 0.5) is 33.5 Å². The van der Waals surface area contributed by atoms with Crippen LogP contribution in [0.1, 0.15) is 5.69 Å². The summed E-state index contributed by atoms with van der Waals surface area (Å²) in [6, 6.07) is 2.85. The fourth-order valence-corrected chi connectivity index (χ4v) is 1.68. The van der Waals surface area contributed by atoms with E-state index in [1.807, 2.05) is 0 Å². The summed E-state index contributed by atoms with van der Waals surface area (Å²) in [7, 11) is 0. The molecule has 1 N–H and O–H groups in total. The summed E-state index contributed by atoms with van der Waals surface area (Å²) in [6.07, 6.45) is 0. The minimum atomic E-state index is -2.20. The minimum absolute atomic E-state index is 0.0473. The van der Waals surface area contributed by atoms with Crippen LogP contribution < -0.4 is 5.32 Å². The van der Waals surface area contributed by atoms with E-state index in [-0.39, 0.29) is 5.82 Å². The summed E-state index contributed by atoms with van der Waals surface area (Å²) in [5.41, 5.74) is -0.658. The molecule has 0 radical (unpaired) electrons. The second kappa shape index (κ2) is 5.35. The van der Waals surface area contributed by atoms with Crippen molar-refractivity contribution in [2.75, 3.05) is 5.32 Å². The summed E-state index contributed by atoms with van der Waals surface area (Å²) in [5.74, 6) is -10.2. The second-order valence-electron chi connectivity index (χ2n) is 3.83. The third-order valence-corrected chi connectivity index (χ3v) is 3.32. The van der Waals surface area contributed by atoms with Gasteiger partial charge in [0.2, 0.25) is 5.82 Å². The average molecular weight is 353 g/mol. The zero-order chi connectivity index (χ0) is 15.0. The van der Waals surface area contributed by atoms with Gasteiger partial charge in [0.05, 0.1) is 5.69 Å². The van der Waals surface area contributed by atoms with Crippen molar-refractivity contribution < 1.29 is 22.0 Å². The maximum atomic E-state index is 13.4. The molecule has 2 nitrogen and oxygen atoms in total. The topological polar surface area (TPSA) is 24.9 Å². The monoisotopic (exact) mass is 352 g/mol. The maximum Gasteiger partial charge on any atom is 0.200 e. The largest absolute Gasteiger partial charge is 0.335 e. The summed E-state index contributed by atoms with van der Waals surface area (Å²) < 4.78 is 66.5. The van der Waals surface area contributed by atoms with Crippen LogP contribution in [0.25, 0.3) is 0 Å². The molecule has 0 unspecified atom stereocenters. The Morgan fingerprint density at radius 2 is 1.40 bits per heavy atom. The molecule has 20 heavy (non-hydrogen) atoms. The molecule has 0 aliphatic rings. The highest BCUT2D eigenvalue weighted by Gasteiger charge is 2.26. The Balaban J connectivity index is 2.51. The van der Waals surface area contributed by atoms with Crippen LogP contribution in [0.2, 0.25) is 0 Å². The molecule has 0 saturated heterocycles. The van der Waals surface area contributed by atoms with Gasteiger partial charge in [-0.05, 0) is 35.0 Å². The van der Waals surface area contributed by atoms with Gasteiger partial charge < -0.3 is 5.32 Å². The molecular weight excluding hydrogens is 347 g/mol. The number of aromatic nitrogens is 1. The van der Waals surface area contributed by atoms with Crippen molar-refractivity contribution in [3.05, 3.63) is 51.4 Å². The van der Waals surface area contributed by atoms with E-state index in [1.54, 1.807) is 6.92 Å². The van der Waals surface area contributed by atoms with E-state index in [4.69, 9.17) is 0 Å². The van der Waals surface area contributed by atoms with Crippen LogP contribution in [0.3, 0.4) is 0 Å². The lowest BCUT2D eigenvalue weighted by molar-refractivity contribution is 0.382. The smallest absolute Gasteiger partial charge is 0.200 e. The fourth-order valence-electron chi connectivity index (χ4n) is 1.46. The molecule has 8 heteroatoms. The lowest BCUT2D eigenvalue weighted by Crippen LogP contribution is -2.07.